The van der Waals surface area contributed by atoms with E-state index in [4.69, 9.17) is 0 Å². The van der Waals surface area contributed by atoms with Crippen molar-refractivity contribution in [2.24, 2.45) is 0 Å². The number of esters is 1. The van der Waals surface area contributed by atoms with Crippen molar-refractivity contribution < 1.29 is 19.1 Å². The molecule has 0 aliphatic carbocycles. The molecular weight excluding hydrogens is 298 g/mol. The lowest BCUT2D eigenvalue weighted by Crippen LogP contribution is -2.47. The largest absolute Gasteiger partial charge is 0.469 e. The molecule has 124 valence electrons. The third kappa shape index (κ3) is 4.70. The van der Waals surface area contributed by atoms with Crippen LogP contribution < -0.4 is 10.6 Å². The summed E-state index contributed by atoms with van der Waals surface area (Å²) in [6.07, 6.45) is 1.51. The minimum absolute atomic E-state index is 0.116. The fourth-order valence-electron chi connectivity index (χ4n) is 2.51. The topological polar surface area (TPSA) is 87.7 Å². The van der Waals surface area contributed by atoms with Crippen molar-refractivity contribution in [1.29, 1.82) is 0 Å². The van der Waals surface area contributed by atoms with Crippen molar-refractivity contribution >= 4 is 23.6 Å². The number of nitrogens with one attached hydrogen (secondary N) is 2. The number of urea groups is 1. The molecule has 1 atom stereocenters. The second-order valence-electron chi connectivity index (χ2n) is 5.26. The highest BCUT2D eigenvalue weighted by Gasteiger charge is 2.34. The molecule has 3 amide bonds. The van der Waals surface area contributed by atoms with Crippen molar-refractivity contribution in [3.63, 3.8) is 0 Å². The van der Waals surface area contributed by atoms with Crippen LogP contribution in [0.4, 0.5) is 10.5 Å². The van der Waals surface area contributed by atoms with Crippen LogP contribution in [0.25, 0.3) is 0 Å². The number of likely N-dealkylation sites (tertiary alicyclic amines) is 1. The summed E-state index contributed by atoms with van der Waals surface area (Å²) in [5.41, 5.74) is 0.689. The molecule has 0 spiro atoms. The van der Waals surface area contributed by atoms with Gasteiger partial charge in [-0.25, -0.2) is 4.79 Å². The molecule has 0 unspecified atom stereocenters. The highest BCUT2D eigenvalue weighted by atomic mass is 16.5. The molecule has 1 fully saturated rings. The predicted octanol–water partition coefficient (Wildman–Crippen LogP) is 1.36. The number of ether oxygens (including phenoxy) is 1. The Kier molecular flexibility index (Phi) is 5.96. The summed E-state index contributed by atoms with van der Waals surface area (Å²) >= 11 is 0. The smallest absolute Gasteiger partial charge is 0.322 e. The number of para-hydroxylation sites is 1. The Hall–Kier alpha value is -2.57. The summed E-state index contributed by atoms with van der Waals surface area (Å²) in [5.74, 6) is -0.620. The first kappa shape index (κ1) is 16.8. The van der Waals surface area contributed by atoms with Crippen molar-refractivity contribution in [3.8, 4) is 0 Å². The monoisotopic (exact) mass is 319 g/mol. The van der Waals surface area contributed by atoms with E-state index in [0.717, 1.165) is 6.42 Å². The Labute approximate surface area is 135 Å². The SMILES string of the molecule is COC(=O)CCNC(=O)[C@@H]1CCCN1C(=O)Nc1ccccc1. The maximum atomic E-state index is 12.3. The standard InChI is InChI=1S/C16H21N3O4/c1-23-14(20)9-10-17-15(21)13-8-5-11-19(13)16(22)18-12-6-3-2-4-7-12/h2-4,6-7,13H,5,8-11H2,1H3,(H,17,21)(H,18,22)/t13-/m0/s1. The van der Waals surface area contributed by atoms with E-state index in [-0.39, 0.29) is 30.9 Å². The fraction of sp³-hybridized carbons (Fsp3) is 0.438. The first-order valence-electron chi connectivity index (χ1n) is 7.59. The van der Waals surface area contributed by atoms with Gasteiger partial charge in [0.05, 0.1) is 13.5 Å². The minimum Gasteiger partial charge on any atom is -0.469 e. The second-order valence-corrected chi connectivity index (χ2v) is 5.26. The molecule has 7 heteroatoms. The first-order chi connectivity index (χ1) is 11.1. The lowest BCUT2D eigenvalue weighted by molar-refractivity contribution is -0.140. The molecule has 1 aromatic carbocycles. The summed E-state index contributed by atoms with van der Waals surface area (Å²) in [4.78, 5) is 37.1. The molecule has 0 radical (unpaired) electrons. The molecular formula is C16H21N3O4. The van der Waals surface area contributed by atoms with E-state index in [1.54, 1.807) is 12.1 Å². The highest BCUT2D eigenvalue weighted by Crippen LogP contribution is 2.19. The van der Waals surface area contributed by atoms with Crippen LogP contribution in [0.5, 0.6) is 0 Å². The van der Waals surface area contributed by atoms with E-state index < -0.39 is 6.04 Å². The summed E-state index contributed by atoms with van der Waals surface area (Å²) in [5, 5.41) is 5.46. The number of anilines is 1. The van der Waals surface area contributed by atoms with Gasteiger partial charge in [0.2, 0.25) is 5.91 Å². The summed E-state index contributed by atoms with van der Waals surface area (Å²) in [6, 6.07) is 8.31. The molecule has 1 heterocycles. The van der Waals surface area contributed by atoms with E-state index in [9.17, 15) is 14.4 Å². The summed E-state index contributed by atoms with van der Waals surface area (Å²) in [6.45, 7) is 0.740. The number of rotatable bonds is 5. The van der Waals surface area contributed by atoms with E-state index in [2.05, 4.69) is 15.4 Å². The van der Waals surface area contributed by atoms with Gasteiger partial charge in [-0.3, -0.25) is 9.59 Å². The number of hydrogen-bond acceptors (Lipinski definition) is 4. The van der Waals surface area contributed by atoms with E-state index in [1.165, 1.54) is 12.0 Å². The van der Waals surface area contributed by atoms with E-state index in [1.807, 2.05) is 18.2 Å². The Morgan fingerprint density at radius 1 is 1.26 bits per heavy atom. The third-order valence-electron chi connectivity index (χ3n) is 3.70. The Morgan fingerprint density at radius 2 is 2.00 bits per heavy atom. The van der Waals surface area contributed by atoms with Gasteiger partial charge in [-0.05, 0) is 25.0 Å². The maximum Gasteiger partial charge on any atom is 0.322 e. The van der Waals surface area contributed by atoms with Crippen LogP contribution in [0.1, 0.15) is 19.3 Å². The minimum atomic E-state index is -0.503. The van der Waals surface area contributed by atoms with Crippen LogP contribution in [0.2, 0.25) is 0 Å². The number of carbonyl (C=O) groups is 3. The zero-order chi connectivity index (χ0) is 16.7. The lowest BCUT2D eigenvalue weighted by atomic mass is 10.2. The average molecular weight is 319 g/mol. The molecule has 7 nitrogen and oxygen atoms in total. The Bertz CT molecular complexity index is 562. The molecule has 1 aliphatic heterocycles. The number of hydrogen-bond donors (Lipinski definition) is 2. The zero-order valence-corrected chi connectivity index (χ0v) is 13.1. The van der Waals surface area contributed by atoms with Crippen molar-refractivity contribution in [2.45, 2.75) is 25.3 Å². The van der Waals surface area contributed by atoms with Crippen molar-refractivity contribution in [3.05, 3.63) is 30.3 Å². The van der Waals surface area contributed by atoms with Gasteiger partial charge >= 0.3 is 12.0 Å². The molecule has 0 aromatic heterocycles. The average Bonchev–Trinajstić information content (AvgIpc) is 3.05. The van der Waals surface area contributed by atoms with Gasteiger partial charge in [0, 0.05) is 18.8 Å². The summed E-state index contributed by atoms with van der Waals surface area (Å²) < 4.78 is 4.52. The zero-order valence-electron chi connectivity index (χ0n) is 13.1. The molecule has 23 heavy (non-hydrogen) atoms. The maximum absolute atomic E-state index is 12.3. The quantitative estimate of drug-likeness (QED) is 0.802. The van der Waals surface area contributed by atoms with Crippen LogP contribution in [-0.2, 0) is 14.3 Å². The molecule has 2 rings (SSSR count). The van der Waals surface area contributed by atoms with Crippen LogP contribution >= 0.6 is 0 Å². The van der Waals surface area contributed by atoms with Crippen LogP contribution in [0.15, 0.2) is 30.3 Å². The number of methoxy groups -OCH3 is 1. The van der Waals surface area contributed by atoms with Gasteiger partial charge in [0.15, 0.2) is 0 Å². The molecule has 0 bridgehead atoms. The molecule has 1 aliphatic rings. The van der Waals surface area contributed by atoms with Gasteiger partial charge in [-0.1, -0.05) is 18.2 Å². The van der Waals surface area contributed by atoms with Gasteiger partial charge in [0.1, 0.15) is 6.04 Å². The fourth-order valence-corrected chi connectivity index (χ4v) is 2.51. The number of benzene rings is 1. The van der Waals surface area contributed by atoms with Crippen LogP contribution in [0, 0.1) is 0 Å². The number of nitrogens with zero attached hydrogens (tertiary/aromatic N) is 1. The van der Waals surface area contributed by atoms with Gasteiger partial charge in [-0.2, -0.15) is 0 Å². The van der Waals surface area contributed by atoms with E-state index in [0.29, 0.717) is 18.7 Å². The van der Waals surface area contributed by atoms with E-state index >= 15 is 0 Å². The third-order valence-corrected chi connectivity index (χ3v) is 3.70. The van der Waals surface area contributed by atoms with Crippen molar-refractivity contribution in [1.82, 2.24) is 10.2 Å². The molecule has 1 aromatic rings. The number of amides is 3. The lowest BCUT2D eigenvalue weighted by Gasteiger charge is -2.24. The van der Waals surface area contributed by atoms with Crippen LogP contribution in [0.3, 0.4) is 0 Å². The predicted molar refractivity (Wildman–Crippen MR) is 84.8 cm³/mol. The summed E-state index contributed by atoms with van der Waals surface area (Å²) in [7, 11) is 1.30. The van der Waals surface area contributed by atoms with Gasteiger partial charge in [0.25, 0.3) is 0 Å². The second kappa shape index (κ2) is 8.17. The first-order valence-corrected chi connectivity index (χ1v) is 7.59. The Morgan fingerprint density at radius 3 is 2.70 bits per heavy atom. The highest BCUT2D eigenvalue weighted by molar-refractivity contribution is 5.94. The van der Waals surface area contributed by atoms with Gasteiger partial charge in [-0.15, -0.1) is 0 Å². The normalized spacial score (nSPS) is 16.7. The van der Waals surface area contributed by atoms with Crippen molar-refractivity contribution in [2.75, 3.05) is 25.5 Å². The molecule has 0 saturated carbocycles. The molecule has 1 saturated heterocycles. The van der Waals surface area contributed by atoms with Crippen LogP contribution in [-0.4, -0.2) is 49.0 Å². The molecule has 2 N–H and O–H groups in total. The number of carbonyl (C=O) groups excluding carboxylic acids is 3. The van der Waals surface area contributed by atoms with Gasteiger partial charge < -0.3 is 20.3 Å². The Balaban J connectivity index is 1.87.